The molecule has 1 aliphatic heterocycles. The van der Waals surface area contributed by atoms with Crippen LogP contribution >= 0.6 is 11.6 Å². The third-order valence-electron chi connectivity index (χ3n) is 2.74. The molecule has 0 saturated heterocycles. The van der Waals surface area contributed by atoms with Gasteiger partial charge < -0.3 is 5.11 Å². The summed E-state index contributed by atoms with van der Waals surface area (Å²) in [5, 5.41) is 14.0. The fraction of sp³-hybridized carbons (Fsp3) is 0.273. The lowest BCUT2D eigenvalue weighted by Gasteiger charge is -2.32. The summed E-state index contributed by atoms with van der Waals surface area (Å²) >= 11 is 6.02. The quantitative estimate of drug-likeness (QED) is 0.807. The van der Waals surface area contributed by atoms with Crippen LogP contribution in [0.3, 0.4) is 0 Å². The van der Waals surface area contributed by atoms with Gasteiger partial charge >= 0.3 is 6.03 Å². The van der Waals surface area contributed by atoms with Crippen molar-refractivity contribution >= 4 is 29.0 Å². The summed E-state index contributed by atoms with van der Waals surface area (Å²) in [6.45, 7) is 3.62. The van der Waals surface area contributed by atoms with Gasteiger partial charge in [-0.05, 0) is 26.0 Å². The molecule has 0 aliphatic carbocycles. The molecule has 1 unspecified atom stereocenters. The zero-order chi connectivity index (χ0) is 12.6. The highest BCUT2D eigenvalue weighted by Crippen LogP contribution is 2.36. The van der Waals surface area contributed by atoms with E-state index in [1.165, 1.54) is 11.0 Å². The highest BCUT2D eigenvalue weighted by molar-refractivity contribution is 6.34. The maximum Gasteiger partial charge on any atom is 0.343 e. The minimum atomic E-state index is -0.411. The predicted octanol–water partition coefficient (Wildman–Crippen LogP) is 2.34. The number of nitrogens with one attached hydrogen (secondary N) is 1. The van der Waals surface area contributed by atoms with Gasteiger partial charge in [-0.2, -0.15) is 5.10 Å². The van der Waals surface area contributed by atoms with Crippen LogP contribution in [0, 0.1) is 0 Å². The first-order valence-electron chi connectivity index (χ1n) is 5.13. The molecule has 0 radical (unpaired) electrons. The van der Waals surface area contributed by atoms with Gasteiger partial charge in [0.15, 0.2) is 0 Å². The summed E-state index contributed by atoms with van der Waals surface area (Å²) in [7, 11) is 0. The van der Waals surface area contributed by atoms with E-state index >= 15 is 0 Å². The molecule has 2 rings (SSSR count). The molecule has 1 aromatic carbocycles. The fourth-order valence-electron chi connectivity index (χ4n) is 1.68. The van der Waals surface area contributed by atoms with Crippen LogP contribution < -0.4 is 10.3 Å². The van der Waals surface area contributed by atoms with Gasteiger partial charge in [0.1, 0.15) is 11.4 Å². The molecule has 1 heterocycles. The number of aromatic hydroxyl groups is 1. The molecule has 1 aliphatic rings. The van der Waals surface area contributed by atoms with Gasteiger partial charge in [0.05, 0.1) is 16.8 Å². The molecular formula is C11H12ClN3O2. The van der Waals surface area contributed by atoms with Crippen molar-refractivity contribution in [3.05, 3.63) is 23.2 Å². The number of anilines is 1. The number of hydrogen-bond acceptors (Lipinski definition) is 3. The van der Waals surface area contributed by atoms with E-state index in [9.17, 15) is 9.90 Å². The van der Waals surface area contributed by atoms with Crippen LogP contribution in [0.1, 0.15) is 13.8 Å². The van der Waals surface area contributed by atoms with Gasteiger partial charge in [-0.3, -0.25) is 4.90 Å². The van der Waals surface area contributed by atoms with Crippen molar-refractivity contribution in [1.29, 1.82) is 0 Å². The van der Waals surface area contributed by atoms with Crippen molar-refractivity contribution < 1.29 is 9.90 Å². The van der Waals surface area contributed by atoms with E-state index in [2.05, 4.69) is 10.5 Å². The van der Waals surface area contributed by atoms with Crippen LogP contribution in [-0.4, -0.2) is 22.9 Å². The SMILES string of the molecule is CC1=NNC(=O)N(c2c(O)cccc2Cl)C1C. The second kappa shape index (κ2) is 4.25. The molecular weight excluding hydrogens is 242 g/mol. The molecule has 1 aromatic rings. The molecule has 0 spiro atoms. The molecule has 5 nitrogen and oxygen atoms in total. The van der Waals surface area contributed by atoms with E-state index in [4.69, 9.17) is 11.6 Å². The lowest BCUT2D eigenvalue weighted by Crippen LogP contribution is -2.51. The minimum absolute atomic E-state index is 0.0331. The number of benzene rings is 1. The Morgan fingerprint density at radius 3 is 2.88 bits per heavy atom. The van der Waals surface area contributed by atoms with Crippen LogP contribution in [-0.2, 0) is 0 Å². The monoisotopic (exact) mass is 253 g/mol. The average molecular weight is 254 g/mol. The summed E-state index contributed by atoms with van der Waals surface area (Å²) in [4.78, 5) is 13.2. The van der Waals surface area contributed by atoms with Gasteiger partial charge in [0.2, 0.25) is 0 Å². The number of urea groups is 1. The normalized spacial score (nSPS) is 19.9. The van der Waals surface area contributed by atoms with Crippen molar-refractivity contribution in [3.63, 3.8) is 0 Å². The van der Waals surface area contributed by atoms with Gasteiger partial charge in [-0.1, -0.05) is 17.7 Å². The fourth-order valence-corrected chi connectivity index (χ4v) is 1.94. The highest BCUT2D eigenvalue weighted by atomic mass is 35.5. The van der Waals surface area contributed by atoms with Crippen LogP contribution in [0.15, 0.2) is 23.3 Å². The van der Waals surface area contributed by atoms with E-state index < -0.39 is 6.03 Å². The van der Waals surface area contributed by atoms with Crippen LogP contribution in [0.5, 0.6) is 5.75 Å². The number of rotatable bonds is 1. The van der Waals surface area contributed by atoms with E-state index in [1.54, 1.807) is 19.1 Å². The third kappa shape index (κ3) is 1.93. The van der Waals surface area contributed by atoms with E-state index in [1.807, 2.05) is 6.92 Å². The number of carbonyl (C=O) groups excluding carboxylic acids is 1. The molecule has 90 valence electrons. The number of para-hydroxylation sites is 1. The Balaban J connectivity index is 2.53. The Morgan fingerprint density at radius 2 is 2.24 bits per heavy atom. The number of halogens is 1. The largest absolute Gasteiger partial charge is 0.506 e. The molecule has 2 N–H and O–H groups in total. The number of nitrogens with zero attached hydrogens (tertiary/aromatic N) is 2. The molecule has 0 aromatic heterocycles. The average Bonchev–Trinajstić information content (AvgIpc) is 2.28. The second-order valence-electron chi connectivity index (χ2n) is 3.82. The van der Waals surface area contributed by atoms with Gasteiger partial charge in [0, 0.05) is 0 Å². The molecule has 17 heavy (non-hydrogen) atoms. The summed E-state index contributed by atoms with van der Waals surface area (Å²) in [5.41, 5.74) is 3.41. The van der Waals surface area contributed by atoms with E-state index in [0.717, 1.165) is 5.71 Å². The molecule has 0 bridgehead atoms. The van der Waals surface area contributed by atoms with Crippen molar-refractivity contribution in [2.24, 2.45) is 5.10 Å². The van der Waals surface area contributed by atoms with Crippen molar-refractivity contribution in [2.75, 3.05) is 4.90 Å². The summed E-state index contributed by atoms with van der Waals surface area (Å²) in [6, 6.07) is 4.07. The Hall–Kier alpha value is -1.75. The number of amides is 2. The number of phenolic OH excluding ortho intramolecular Hbond substituents is 1. The Labute approximate surface area is 104 Å². The number of phenols is 1. The Morgan fingerprint density at radius 1 is 1.53 bits per heavy atom. The highest BCUT2D eigenvalue weighted by Gasteiger charge is 2.31. The van der Waals surface area contributed by atoms with Gasteiger partial charge in [-0.25, -0.2) is 10.2 Å². The first-order valence-corrected chi connectivity index (χ1v) is 5.51. The number of hydrogen-bond donors (Lipinski definition) is 2. The molecule has 1 atom stereocenters. The predicted molar refractivity (Wildman–Crippen MR) is 66.7 cm³/mol. The summed E-state index contributed by atoms with van der Waals surface area (Å²) < 4.78 is 0. The van der Waals surface area contributed by atoms with E-state index in [0.29, 0.717) is 10.7 Å². The summed E-state index contributed by atoms with van der Waals surface area (Å²) in [5.74, 6) is -0.0331. The van der Waals surface area contributed by atoms with E-state index in [-0.39, 0.29) is 11.8 Å². The molecule has 0 saturated carbocycles. The third-order valence-corrected chi connectivity index (χ3v) is 3.05. The van der Waals surface area contributed by atoms with Crippen LogP contribution in [0.25, 0.3) is 0 Å². The van der Waals surface area contributed by atoms with Gasteiger partial charge in [-0.15, -0.1) is 0 Å². The van der Waals surface area contributed by atoms with Crippen LogP contribution in [0.4, 0.5) is 10.5 Å². The lowest BCUT2D eigenvalue weighted by molar-refractivity contribution is 0.244. The topological polar surface area (TPSA) is 64.9 Å². The van der Waals surface area contributed by atoms with Crippen LogP contribution in [0.2, 0.25) is 5.02 Å². The Kier molecular flexibility index (Phi) is 2.93. The maximum atomic E-state index is 11.8. The second-order valence-corrected chi connectivity index (χ2v) is 4.23. The molecule has 6 heteroatoms. The molecule has 0 fully saturated rings. The van der Waals surface area contributed by atoms with Crippen molar-refractivity contribution in [1.82, 2.24) is 5.43 Å². The number of hydrazone groups is 1. The Bertz CT molecular complexity index is 481. The lowest BCUT2D eigenvalue weighted by atomic mass is 10.1. The van der Waals surface area contributed by atoms with Gasteiger partial charge in [0.25, 0.3) is 0 Å². The first-order chi connectivity index (χ1) is 8.02. The standard InChI is InChI=1S/C11H12ClN3O2/c1-6-7(2)15(11(17)14-13-6)10-8(12)4-3-5-9(10)16/h3-5,7,16H,1-2H3,(H,14,17). The zero-order valence-electron chi connectivity index (χ0n) is 9.44. The maximum absolute atomic E-state index is 11.8. The van der Waals surface area contributed by atoms with Crippen molar-refractivity contribution in [2.45, 2.75) is 19.9 Å². The first kappa shape index (κ1) is 11.7. The molecule has 2 amide bonds. The van der Waals surface area contributed by atoms with Crippen molar-refractivity contribution in [3.8, 4) is 5.75 Å². The smallest absolute Gasteiger partial charge is 0.343 e. The minimum Gasteiger partial charge on any atom is -0.506 e. The number of carbonyl (C=O) groups is 1. The summed E-state index contributed by atoms with van der Waals surface area (Å²) in [6.07, 6.45) is 0. The zero-order valence-corrected chi connectivity index (χ0v) is 10.2.